The van der Waals surface area contributed by atoms with Crippen molar-refractivity contribution < 1.29 is 0 Å². The molecule has 0 unspecified atom stereocenters. The van der Waals surface area contributed by atoms with Crippen molar-refractivity contribution in [1.29, 1.82) is 0 Å². The Bertz CT molecular complexity index is 2720. The first-order valence-electron chi connectivity index (χ1n) is 16.3. The van der Waals surface area contributed by atoms with Crippen LogP contribution < -0.4 is 0 Å². The first-order valence-corrected chi connectivity index (χ1v) is 17.8. The summed E-state index contributed by atoms with van der Waals surface area (Å²) in [6.45, 7) is 0. The molecule has 0 radical (unpaired) electrons. The Morgan fingerprint density at radius 3 is 1.10 bits per heavy atom. The SMILES string of the molecule is Brc1ccc(-c2cc3cccnc3c3ncccc23)c2ccccc12.Brc1ccc(-c2cc3cccnc3c3ncccc23)c2ccccc12. The summed E-state index contributed by atoms with van der Waals surface area (Å²) < 4.78 is 2.22. The van der Waals surface area contributed by atoms with Crippen LogP contribution in [0.2, 0.25) is 0 Å². The van der Waals surface area contributed by atoms with Crippen LogP contribution in [0.15, 0.2) is 167 Å². The molecule has 50 heavy (non-hydrogen) atoms. The number of rotatable bonds is 2. The van der Waals surface area contributed by atoms with Gasteiger partial charge >= 0.3 is 0 Å². The van der Waals surface area contributed by atoms with Gasteiger partial charge in [-0.3, -0.25) is 19.9 Å². The maximum atomic E-state index is 4.62. The van der Waals surface area contributed by atoms with Crippen molar-refractivity contribution in [2.75, 3.05) is 0 Å². The largest absolute Gasteiger partial charge is 0.254 e. The fourth-order valence-electron chi connectivity index (χ4n) is 6.99. The maximum Gasteiger partial charge on any atom is 0.0970 e. The molecule has 0 aliphatic rings. The quantitative estimate of drug-likeness (QED) is 0.164. The van der Waals surface area contributed by atoms with Crippen molar-refractivity contribution in [1.82, 2.24) is 19.9 Å². The van der Waals surface area contributed by atoms with E-state index in [-0.39, 0.29) is 0 Å². The van der Waals surface area contributed by atoms with Crippen LogP contribution in [0.4, 0.5) is 0 Å². The molecule has 0 aliphatic carbocycles. The lowest BCUT2D eigenvalue weighted by molar-refractivity contribution is 1.37. The van der Waals surface area contributed by atoms with E-state index in [2.05, 4.69) is 161 Å². The number of nitrogens with zero attached hydrogens (tertiary/aromatic N) is 4. The average molecular weight is 771 g/mol. The Morgan fingerprint density at radius 2 is 0.660 bits per heavy atom. The molecule has 0 spiro atoms. The fraction of sp³-hybridized carbons (Fsp3) is 0. The highest BCUT2D eigenvalue weighted by Gasteiger charge is 2.15. The van der Waals surface area contributed by atoms with Crippen LogP contribution in [0.25, 0.3) is 87.4 Å². The maximum absolute atomic E-state index is 4.62. The molecule has 10 rings (SSSR count). The van der Waals surface area contributed by atoms with E-state index < -0.39 is 0 Å². The smallest absolute Gasteiger partial charge is 0.0970 e. The standard InChI is InChI=1S/2C22H13BrN2/c2*23-20-10-9-16(15-6-1-2-7-17(15)20)19-13-14-5-3-11-24-21(14)22-18(19)8-4-12-25-22/h2*1-13H. The summed E-state index contributed by atoms with van der Waals surface area (Å²) >= 11 is 7.34. The van der Waals surface area contributed by atoms with E-state index in [1.54, 1.807) is 0 Å². The predicted molar refractivity (Wildman–Crippen MR) is 215 cm³/mol. The van der Waals surface area contributed by atoms with Gasteiger partial charge in [-0.15, -0.1) is 0 Å². The third kappa shape index (κ3) is 5.20. The van der Waals surface area contributed by atoms with Crippen LogP contribution in [0.5, 0.6) is 0 Å². The molecule has 0 amide bonds. The predicted octanol–water partition coefficient (Wildman–Crippen LogP) is 12.7. The molecular weight excluding hydrogens is 744 g/mol. The van der Waals surface area contributed by atoms with Gasteiger partial charge in [0, 0.05) is 55.3 Å². The molecule has 0 saturated heterocycles. The second-order valence-corrected chi connectivity index (χ2v) is 13.8. The number of hydrogen-bond acceptors (Lipinski definition) is 4. The lowest BCUT2D eigenvalue weighted by Gasteiger charge is -2.13. The van der Waals surface area contributed by atoms with Crippen molar-refractivity contribution in [3.05, 3.63) is 167 Å². The summed E-state index contributed by atoms with van der Waals surface area (Å²) in [5, 5.41) is 9.34. The zero-order valence-corrected chi connectivity index (χ0v) is 29.7. The molecule has 4 heterocycles. The molecule has 4 nitrogen and oxygen atoms in total. The van der Waals surface area contributed by atoms with E-state index in [1.807, 2.05) is 49.1 Å². The highest BCUT2D eigenvalue weighted by Crippen LogP contribution is 2.40. The van der Waals surface area contributed by atoms with Crippen LogP contribution >= 0.6 is 31.9 Å². The van der Waals surface area contributed by atoms with Crippen LogP contribution in [0, 0.1) is 0 Å². The van der Waals surface area contributed by atoms with Crippen molar-refractivity contribution in [3.8, 4) is 22.3 Å². The molecule has 236 valence electrons. The average Bonchev–Trinajstić information content (AvgIpc) is 3.18. The normalized spacial score (nSPS) is 11.4. The van der Waals surface area contributed by atoms with Gasteiger partial charge in [0.05, 0.1) is 22.1 Å². The van der Waals surface area contributed by atoms with Gasteiger partial charge < -0.3 is 0 Å². The molecule has 10 aromatic rings. The minimum absolute atomic E-state index is 0.947. The highest BCUT2D eigenvalue weighted by molar-refractivity contribution is 9.11. The lowest BCUT2D eigenvalue weighted by atomic mass is 9.94. The third-order valence-corrected chi connectivity index (χ3v) is 10.6. The molecule has 0 fully saturated rings. The van der Waals surface area contributed by atoms with Crippen LogP contribution in [-0.2, 0) is 0 Å². The number of hydrogen-bond donors (Lipinski definition) is 0. The van der Waals surface area contributed by atoms with Gasteiger partial charge in [0.15, 0.2) is 0 Å². The highest BCUT2D eigenvalue weighted by atomic mass is 79.9. The molecule has 0 aliphatic heterocycles. The first kappa shape index (κ1) is 30.5. The summed E-state index contributed by atoms with van der Waals surface area (Å²) in [4.78, 5) is 18.3. The second kappa shape index (κ2) is 12.7. The molecular formula is C44H26Br2N4. The topological polar surface area (TPSA) is 51.6 Å². The van der Waals surface area contributed by atoms with Crippen LogP contribution in [-0.4, -0.2) is 19.9 Å². The van der Waals surface area contributed by atoms with E-state index >= 15 is 0 Å². The Morgan fingerprint density at radius 1 is 0.300 bits per heavy atom. The third-order valence-electron chi connectivity index (χ3n) is 9.24. The van der Waals surface area contributed by atoms with E-state index in [4.69, 9.17) is 0 Å². The zero-order valence-electron chi connectivity index (χ0n) is 26.6. The first-order chi connectivity index (χ1) is 24.7. The molecule has 0 atom stereocenters. The summed E-state index contributed by atoms with van der Waals surface area (Å²) in [5.41, 5.74) is 8.58. The number of benzene rings is 6. The van der Waals surface area contributed by atoms with Gasteiger partial charge in [-0.2, -0.15) is 0 Å². The van der Waals surface area contributed by atoms with Gasteiger partial charge in [-0.05, 0) is 92.3 Å². The summed E-state index contributed by atoms with van der Waals surface area (Å²) in [5.74, 6) is 0. The Balaban J connectivity index is 0.000000135. The second-order valence-electron chi connectivity index (χ2n) is 12.1. The monoisotopic (exact) mass is 768 g/mol. The van der Waals surface area contributed by atoms with Crippen molar-refractivity contribution in [2.45, 2.75) is 0 Å². The summed E-state index contributed by atoms with van der Waals surface area (Å²) in [6, 6.07) is 46.4. The van der Waals surface area contributed by atoms with E-state index in [9.17, 15) is 0 Å². The molecule has 0 bridgehead atoms. The fourth-order valence-corrected chi connectivity index (χ4v) is 7.95. The molecule has 4 aromatic heterocycles. The number of fused-ring (bicyclic) bond motifs is 8. The number of aromatic nitrogens is 4. The van der Waals surface area contributed by atoms with Crippen molar-refractivity contribution in [3.63, 3.8) is 0 Å². The van der Waals surface area contributed by atoms with Gasteiger partial charge in [0.1, 0.15) is 0 Å². The molecule has 6 aromatic carbocycles. The molecule has 0 N–H and O–H groups in total. The summed E-state index contributed by atoms with van der Waals surface area (Å²) in [7, 11) is 0. The van der Waals surface area contributed by atoms with E-state index in [1.165, 1.54) is 43.8 Å². The molecule has 6 heteroatoms. The van der Waals surface area contributed by atoms with Crippen molar-refractivity contribution >= 4 is 97.0 Å². The summed E-state index contributed by atoms with van der Waals surface area (Å²) in [6.07, 6.45) is 7.32. The minimum Gasteiger partial charge on any atom is -0.254 e. The van der Waals surface area contributed by atoms with Gasteiger partial charge in [-0.25, -0.2) is 0 Å². The Hall–Kier alpha value is -5.56. The Kier molecular flexibility index (Phi) is 7.76. The molecule has 0 saturated carbocycles. The lowest BCUT2D eigenvalue weighted by Crippen LogP contribution is -1.90. The van der Waals surface area contributed by atoms with Gasteiger partial charge in [0.2, 0.25) is 0 Å². The Labute approximate surface area is 304 Å². The van der Waals surface area contributed by atoms with E-state index in [0.717, 1.165) is 52.6 Å². The van der Waals surface area contributed by atoms with Crippen LogP contribution in [0.3, 0.4) is 0 Å². The van der Waals surface area contributed by atoms with Crippen LogP contribution in [0.1, 0.15) is 0 Å². The number of halogens is 2. The van der Waals surface area contributed by atoms with E-state index in [0.29, 0.717) is 0 Å². The van der Waals surface area contributed by atoms with Gasteiger partial charge in [-0.1, -0.05) is 117 Å². The van der Waals surface area contributed by atoms with Crippen molar-refractivity contribution in [2.24, 2.45) is 0 Å². The number of pyridine rings is 4. The minimum atomic E-state index is 0.947. The van der Waals surface area contributed by atoms with Gasteiger partial charge in [0.25, 0.3) is 0 Å². The zero-order chi connectivity index (χ0) is 33.6.